The molecule has 3 aliphatic rings. The predicted octanol–water partition coefficient (Wildman–Crippen LogP) is 12.1. The van der Waals surface area contributed by atoms with Gasteiger partial charge in [0.15, 0.2) is 0 Å². The zero-order valence-electron chi connectivity index (χ0n) is 28.0. The van der Waals surface area contributed by atoms with Crippen molar-refractivity contribution >= 4 is 87.3 Å². The van der Waals surface area contributed by atoms with Crippen LogP contribution in [0.15, 0.2) is 131 Å². The Bertz CT molecular complexity index is 2280. The number of ether oxygens (including phenoxy) is 1. The molecule has 5 aromatic carbocycles. The number of fused-ring (bicyclic) bond motifs is 1. The van der Waals surface area contributed by atoms with Crippen molar-refractivity contribution < 1.29 is 14.4 Å². The largest absolute Gasteiger partial charge is 0.422 e. The molecule has 53 heavy (non-hydrogen) atoms. The Balaban J connectivity index is 1.39. The van der Waals surface area contributed by atoms with Crippen molar-refractivity contribution in [1.29, 1.82) is 0 Å². The first-order valence-corrected chi connectivity index (χ1v) is 19.0. The first kappa shape index (κ1) is 36.3. The summed E-state index contributed by atoms with van der Waals surface area (Å²) in [6.45, 7) is 2.80. The maximum Gasteiger partial charge on any atom is 0.346 e. The number of halogens is 6. The highest BCUT2D eigenvalue weighted by atomic mass is 35.5. The van der Waals surface area contributed by atoms with E-state index in [0.29, 0.717) is 64.7 Å². The van der Waals surface area contributed by atoms with E-state index in [9.17, 15) is 0 Å². The van der Waals surface area contributed by atoms with Crippen LogP contribution in [-0.2, 0) is 14.4 Å². The molecule has 0 N–H and O–H groups in total. The van der Waals surface area contributed by atoms with Gasteiger partial charge < -0.3 is 14.4 Å². The highest BCUT2D eigenvalue weighted by Crippen LogP contribution is 2.58. The quantitative estimate of drug-likeness (QED) is 0.171. The third-order valence-corrected chi connectivity index (χ3v) is 11.6. The Morgan fingerprint density at radius 2 is 1.32 bits per heavy atom. The molecule has 1 fully saturated rings. The molecule has 0 radical (unpaired) electrons. The van der Waals surface area contributed by atoms with Crippen molar-refractivity contribution in [3.63, 3.8) is 0 Å². The van der Waals surface area contributed by atoms with E-state index in [2.05, 4.69) is 29.1 Å². The molecule has 2 spiro atoms. The fourth-order valence-corrected chi connectivity index (χ4v) is 8.52. The van der Waals surface area contributed by atoms with Crippen LogP contribution >= 0.6 is 69.6 Å². The van der Waals surface area contributed by atoms with Gasteiger partial charge in [-0.1, -0.05) is 129 Å². The van der Waals surface area contributed by atoms with Gasteiger partial charge in [-0.15, -0.1) is 0 Å². The van der Waals surface area contributed by atoms with Crippen molar-refractivity contribution in [3.05, 3.63) is 179 Å². The minimum absolute atomic E-state index is 0.0999. The van der Waals surface area contributed by atoms with Crippen LogP contribution < -0.4 is 0 Å². The van der Waals surface area contributed by atoms with E-state index in [4.69, 9.17) is 89.2 Å². The van der Waals surface area contributed by atoms with Crippen molar-refractivity contribution in [3.8, 4) is 0 Å². The van der Waals surface area contributed by atoms with E-state index < -0.39 is 17.3 Å². The first-order chi connectivity index (χ1) is 25.6. The number of hydrogen-bond donors (Lipinski definition) is 0. The van der Waals surface area contributed by atoms with Crippen LogP contribution in [0.2, 0.25) is 30.1 Å². The number of hydrogen-bond acceptors (Lipinski definition) is 6. The fourth-order valence-electron chi connectivity index (χ4n) is 7.29. The number of piperidine rings is 1. The van der Waals surface area contributed by atoms with Crippen molar-refractivity contribution in [2.75, 3.05) is 13.1 Å². The van der Waals surface area contributed by atoms with Crippen LogP contribution in [0.1, 0.15) is 46.7 Å². The zero-order chi connectivity index (χ0) is 36.9. The topological polar surface area (TPSA) is 55.7 Å². The van der Waals surface area contributed by atoms with E-state index in [1.54, 1.807) is 36.4 Å². The van der Waals surface area contributed by atoms with Gasteiger partial charge in [-0.3, -0.25) is 4.90 Å². The Hall–Kier alpha value is -3.72. The minimum Gasteiger partial charge on any atom is -0.422 e. The lowest BCUT2D eigenvalue weighted by Crippen LogP contribution is -2.70. The van der Waals surface area contributed by atoms with E-state index >= 15 is 0 Å². The molecule has 0 bridgehead atoms. The second-order valence-electron chi connectivity index (χ2n) is 13.1. The van der Waals surface area contributed by atoms with E-state index in [1.165, 1.54) is 0 Å². The van der Waals surface area contributed by atoms with E-state index in [1.807, 2.05) is 72.8 Å². The van der Waals surface area contributed by atoms with E-state index in [0.717, 1.165) is 11.1 Å². The van der Waals surface area contributed by atoms with Crippen LogP contribution in [0, 0.1) is 0 Å². The van der Waals surface area contributed by atoms with Gasteiger partial charge >= 0.3 is 5.79 Å². The van der Waals surface area contributed by atoms with Crippen LogP contribution in [0.3, 0.4) is 0 Å². The molecular weight excluding hydrogens is 795 g/mol. The lowest BCUT2D eigenvalue weighted by molar-refractivity contribution is -0.279. The van der Waals surface area contributed by atoms with Crippen LogP contribution in [0.5, 0.6) is 0 Å². The molecule has 3 heterocycles. The summed E-state index contributed by atoms with van der Waals surface area (Å²) in [5.41, 5.74) is 3.74. The summed E-state index contributed by atoms with van der Waals surface area (Å²) in [5, 5.41) is 12.4. The molecule has 5 aromatic rings. The molecule has 0 aliphatic carbocycles. The predicted molar refractivity (Wildman–Crippen MR) is 215 cm³/mol. The maximum atomic E-state index is 7.12. The highest BCUT2D eigenvalue weighted by Gasteiger charge is 2.74. The van der Waals surface area contributed by atoms with Gasteiger partial charge in [-0.2, -0.15) is 0 Å². The SMILES string of the molecule is C[C@H](c1ccccc1)N1C/C(=C\c2ccc(Cl)cc2Cl)[C@@]2(ON=C(c3ccc(Cl)cc3)O2)[C@@]2(C1)ON=C(c1ccc(Cl)cc1)[C@@H]2c1ccc(Cl)cc1Cl. The molecule has 1 saturated heterocycles. The lowest BCUT2D eigenvalue weighted by atomic mass is 9.68. The zero-order valence-corrected chi connectivity index (χ0v) is 32.5. The molecule has 3 aliphatic heterocycles. The summed E-state index contributed by atoms with van der Waals surface area (Å²) >= 11 is 39.4. The molecule has 0 unspecified atom stereocenters. The fraction of sp³-hybridized carbons (Fsp3) is 0.171. The van der Waals surface area contributed by atoms with Crippen molar-refractivity contribution in [2.45, 2.75) is 30.3 Å². The highest BCUT2D eigenvalue weighted by molar-refractivity contribution is 6.36. The number of likely N-dealkylation sites (tertiary alicyclic amines) is 1. The smallest absolute Gasteiger partial charge is 0.346 e. The van der Waals surface area contributed by atoms with Crippen LogP contribution in [0.25, 0.3) is 6.08 Å². The molecule has 0 aromatic heterocycles. The minimum atomic E-state index is -1.71. The molecule has 4 atom stereocenters. The average molecular weight is 824 g/mol. The summed E-state index contributed by atoms with van der Waals surface area (Å²) in [4.78, 5) is 15.9. The number of oxime groups is 2. The van der Waals surface area contributed by atoms with Crippen molar-refractivity contribution in [1.82, 2.24) is 4.90 Å². The molecule has 12 heteroatoms. The number of benzene rings is 5. The Morgan fingerprint density at radius 3 is 1.98 bits per heavy atom. The van der Waals surface area contributed by atoms with Gasteiger partial charge in [0.25, 0.3) is 5.90 Å². The molecule has 6 nitrogen and oxygen atoms in total. The second-order valence-corrected chi connectivity index (χ2v) is 15.7. The first-order valence-electron chi connectivity index (χ1n) is 16.7. The molecule has 268 valence electrons. The van der Waals surface area contributed by atoms with Crippen LogP contribution in [-0.4, -0.2) is 41.0 Å². The van der Waals surface area contributed by atoms with Gasteiger partial charge in [0.1, 0.15) is 0 Å². The Morgan fingerprint density at radius 1 is 0.698 bits per heavy atom. The summed E-state index contributed by atoms with van der Waals surface area (Å²) in [6.07, 6.45) is 1.95. The number of rotatable bonds is 6. The lowest BCUT2D eigenvalue weighted by Gasteiger charge is -2.52. The molecule has 0 saturated carbocycles. The summed E-state index contributed by atoms with van der Waals surface area (Å²) in [7, 11) is 0. The van der Waals surface area contributed by atoms with Gasteiger partial charge in [-0.25, -0.2) is 0 Å². The average Bonchev–Trinajstić information content (AvgIpc) is 3.76. The van der Waals surface area contributed by atoms with Crippen molar-refractivity contribution in [2.24, 2.45) is 10.3 Å². The third kappa shape index (κ3) is 6.59. The monoisotopic (exact) mass is 821 g/mol. The Kier molecular flexibility index (Phi) is 9.92. The van der Waals surface area contributed by atoms with Gasteiger partial charge in [0, 0.05) is 59.4 Å². The normalized spacial score (nSPS) is 23.8. The summed E-state index contributed by atoms with van der Waals surface area (Å²) in [5.74, 6) is -2.16. The maximum absolute atomic E-state index is 7.12. The second kappa shape index (κ2) is 14.5. The van der Waals surface area contributed by atoms with Gasteiger partial charge in [0.2, 0.25) is 5.60 Å². The molecule has 0 amide bonds. The van der Waals surface area contributed by atoms with E-state index in [-0.39, 0.29) is 18.5 Å². The van der Waals surface area contributed by atoms with Gasteiger partial charge in [0.05, 0.1) is 18.2 Å². The van der Waals surface area contributed by atoms with Gasteiger partial charge in [-0.05, 0) is 95.5 Å². The summed E-state index contributed by atoms with van der Waals surface area (Å²) in [6, 6.07) is 35.5. The standard InChI is InChI=1S/C41H29Cl6N3O3/c1-24(25-5-3-2-4-6-25)50-22-29(19-28-11-16-32(44)20-35(28)46)41(51-39(49-53-41)27-9-14-31(43)15-10-27)40(23-50)37(34-18-17-33(45)21-36(34)47)38(48-52-40)26-7-12-30(42)13-8-26/h2-21,24,37H,22-23H2,1H3/b29-19+/t24-,37+,40+,41-/m1/s1. The summed E-state index contributed by atoms with van der Waals surface area (Å²) < 4.78 is 7.09. The number of nitrogens with zero attached hydrogens (tertiary/aromatic N) is 3. The Labute approximate surface area is 337 Å². The van der Waals surface area contributed by atoms with Crippen LogP contribution in [0.4, 0.5) is 0 Å². The molecule has 8 rings (SSSR count). The third-order valence-electron chi connectivity index (χ3n) is 9.96. The molecular formula is C41H29Cl6N3O3.